The molecule has 0 saturated heterocycles. The van der Waals surface area contributed by atoms with E-state index in [0.29, 0.717) is 12.8 Å². The van der Waals surface area contributed by atoms with E-state index in [1.54, 1.807) is 0 Å². The highest BCUT2D eigenvalue weighted by molar-refractivity contribution is 5.94. The number of carbonyl (C=O) groups excluding carboxylic acids is 1. The first-order chi connectivity index (χ1) is 9.72. The third-order valence-corrected chi connectivity index (χ3v) is 3.50. The van der Waals surface area contributed by atoms with Crippen LogP contribution in [0.1, 0.15) is 41.7 Å². The molecule has 0 unspecified atom stereocenters. The number of aliphatic carboxylic acids is 1. The van der Waals surface area contributed by atoms with Gasteiger partial charge in [-0.2, -0.15) is 13.2 Å². The van der Waals surface area contributed by atoms with Crippen LogP contribution in [0.25, 0.3) is 0 Å². The second kappa shape index (κ2) is 5.34. The summed E-state index contributed by atoms with van der Waals surface area (Å²) in [5, 5.41) is 11.4. The summed E-state index contributed by atoms with van der Waals surface area (Å²) in [6.45, 7) is 0. The number of hydrogen-bond donors (Lipinski definition) is 2. The molecule has 0 aromatic carbocycles. The molecule has 0 radical (unpaired) electrons. The molecule has 1 heterocycles. The molecule has 1 aliphatic carbocycles. The van der Waals surface area contributed by atoms with Gasteiger partial charge >= 0.3 is 12.1 Å². The maximum Gasteiger partial charge on any atom is 0.433 e. The largest absolute Gasteiger partial charge is 0.481 e. The van der Waals surface area contributed by atoms with Crippen LogP contribution in [0.2, 0.25) is 0 Å². The van der Waals surface area contributed by atoms with Gasteiger partial charge in [0, 0.05) is 6.20 Å². The summed E-state index contributed by atoms with van der Waals surface area (Å²) in [7, 11) is 0. The molecule has 2 rings (SSSR count). The summed E-state index contributed by atoms with van der Waals surface area (Å²) in [6.07, 6.45) is -2.04. The third-order valence-electron chi connectivity index (χ3n) is 3.50. The monoisotopic (exact) mass is 302 g/mol. The number of nitrogens with one attached hydrogen (secondary N) is 1. The Kier molecular flexibility index (Phi) is 3.89. The number of carboxylic acids is 1. The van der Waals surface area contributed by atoms with E-state index >= 15 is 0 Å². The van der Waals surface area contributed by atoms with Crippen LogP contribution in [0.3, 0.4) is 0 Å². The van der Waals surface area contributed by atoms with Gasteiger partial charge < -0.3 is 10.4 Å². The molecule has 5 nitrogen and oxygen atoms in total. The molecule has 2 N–H and O–H groups in total. The van der Waals surface area contributed by atoms with Crippen molar-refractivity contribution in [2.24, 2.45) is 0 Å². The molecule has 1 aliphatic rings. The molecule has 0 bridgehead atoms. The maximum atomic E-state index is 12.4. The minimum absolute atomic E-state index is 0.0281. The van der Waals surface area contributed by atoms with Crippen LogP contribution in [0.4, 0.5) is 13.2 Å². The fourth-order valence-corrected chi connectivity index (χ4v) is 2.25. The summed E-state index contributed by atoms with van der Waals surface area (Å²) < 4.78 is 37.1. The van der Waals surface area contributed by atoms with Gasteiger partial charge in [-0.05, 0) is 31.4 Å². The number of pyridine rings is 1. The van der Waals surface area contributed by atoms with Gasteiger partial charge in [-0.1, -0.05) is 0 Å². The lowest BCUT2D eigenvalue weighted by Crippen LogP contribution is -2.54. The average Bonchev–Trinajstić information content (AvgIpc) is 2.34. The van der Waals surface area contributed by atoms with Crippen molar-refractivity contribution in [2.45, 2.75) is 37.4 Å². The van der Waals surface area contributed by atoms with Gasteiger partial charge in [-0.25, -0.2) is 0 Å². The Morgan fingerprint density at radius 3 is 2.38 bits per heavy atom. The zero-order chi connectivity index (χ0) is 15.7. The number of carboxylic acid groups (broad SMARTS) is 1. The van der Waals surface area contributed by atoms with Gasteiger partial charge in [-0.15, -0.1) is 0 Å². The number of alkyl halides is 3. The lowest BCUT2D eigenvalue weighted by Gasteiger charge is -2.41. The molecule has 1 aromatic rings. The summed E-state index contributed by atoms with van der Waals surface area (Å²) in [5.74, 6) is -1.64. The molecule has 114 valence electrons. The van der Waals surface area contributed by atoms with Crippen LogP contribution < -0.4 is 5.32 Å². The van der Waals surface area contributed by atoms with E-state index < -0.39 is 29.3 Å². The first kappa shape index (κ1) is 15.3. The van der Waals surface area contributed by atoms with Crippen molar-refractivity contribution in [3.63, 3.8) is 0 Å². The van der Waals surface area contributed by atoms with Crippen molar-refractivity contribution in [1.82, 2.24) is 10.3 Å². The molecule has 8 heteroatoms. The summed E-state index contributed by atoms with van der Waals surface area (Å²) in [4.78, 5) is 26.0. The summed E-state index contributed by atoms with van der Waals surface area (Å²) >= 11 is 0. The van der Waals surface area contributed by atoms with Crippen LogP contribution in [0.5, 0.6) is 0 Å². The lowest BCUT2D eigenvalue weighted by atomic mass is 9.74. The fourth-order valence-electron chi connectivity index (χ4n) is 2.25. The van der Waals surface area contributed by atoms with Gasteiger partial charge in [0.1, 0.15) is 5.69 Å². The first-order valence-corrected chi connectivity index (χ1v) is 6.29. The van der Waals surface area contributed by atoms with Crippen LogP contribution in [-0.2, 0) is 11.0 Å². The van der Waals surface area contributed by atoms with Crippen LogP contribution in [-0.4, -0.2) is 27.5 Å². The fraction of sp³-hybridized carbons (Fsp3) is 0.462. The van der Waals surface area contributed by atoms with Gasteiger partial charge in [0.25, 0.3) is 5.91 Å². The van der Waals surface area contributed by atoms with E-state index in [1.165, 1.54) is 0 Å². The number of halogens is 3. The zero-order valence-electron chi connectivity index (χ0n) is 10.9. The Labute approximate surface area is 118 Å². The highest BCUT2D eigenvalue weighted by atomic mass is 19.4. The van der Waals surface area contributed by atoms with E-state index in [1.807, 2.05) is 0 Å². The molecule has 1 amide bonds. The van der Waals surface area contributed by atoms with Crippen molar-refractivity contribution in [2.75, 3.05) is 0 Å². The first-order valence-electron chi connectivity index (χ1n) is 6.29. The van der Waals surface area contributed by atoms with Crippen molar-refractivity contribution in [3.05, 3.63) is 29.6 Å². The molecular formula is C13H13F3N2O3. The molecule has 0 spiro atoms. The summed E-state index contributed by atoms with van der Waals surface area (Å²) in [5.41, 5.74) is -1.91. The molecule has 0 aliphatic heterocycles. The standard InChI is InChI=1S/C13H13F3N2O3/c14-13(15,16)9-3-2-8(7-17-9)11(21)18-12(4-1-5-12)6-10(19)20/h2-3,7H,1,4-6H2,(H,18,21)(H,19,20). The van der Waals surface area contributed by atoms with E-state index in [-0.39, 0.29) is 12.0 Å². The predicted octanol–water partition coefficient (Wildman–Crippen LogP) is 2.23. The Bertz CT molecular complexity index is 551. The average molecular weight is 302 g/mol. The molecule has 1 aromatic heterocycles. The van der Waals surface area contributed by atoms with Crippen molar-refractivity contribution >= 4 is 11.9 Å². The molecule has 21 heavy (non-hydrogen) atoms. The van der Waals surface area contributed by atoms with E-state index in [4.69, 9.17) is 5.11 Å². The van der Waals surface area contributed by atoms with E-state index in [9.17, 15) is 22.8 Å². The van der Waals surface area contributed by atoms with Gasteiger partial charge in [0.2, 0.25) is 0 Å². The Balaban J connectivity index is 2.08. The van der Waals surface area contributed by atoms with Gasteiger partial charge in [-0.3, -0.25) is 14.6 Å². The maximum absolute atomic E-state index is 12.4. The highest BCUT2D eigenvalue weighted by Gasteiger charge is 2.40. The molecule has 0 atom stereocenters. The van der Waals surface area contributed by atoms with E-state index in [0.717, 1.165) is 24.8 Å². The molecule has 1 fully saturated rings. The molecule has 1 saturated carbocycles. The predicted molar refractivity (Wildman–Crippen MR) is 65.5 cm³/mol. The Hall–Kier alpha value is -2.12. The number of aromatic nitrogens is 1. The topological polar surface area (TPSA) is 79.3 Å². The zero-order valence-corrected chi connectivity index (χ0v) is 10.9. The lowest BCUT2D eigenvalue weighted by molar-refractivity contribution is -0.141. The Morgan fingerprint density at radius 1 is 1.33 bits per heavy atom. The summed E-state index contributed by atoms with van der Waals surface area (Å²) in [6, 6.07) is 1.75. The van der Waals surface area contributed by atoms with Crippen LogP contribution >= 0.6 is 0 Å². The minimum atomic E-state index is -4.56. The number of nitrogens with zero attached hydrogens (tertiary/aromatic N) is 1. The van der Waals surface area contributed by atoms with Gasteiger partial charge in [0.05, 0.1) is 17.5 Å². The highest BCUT2D eigenvalue weighted by Crippen LogP contribution is 2.35. The second-order valence-corrected chi connectivity index (χ2v) is 5.09. The Morgan fingerprint density at radius 2 is 2.00 bits per heavy atom. The van der Waals surface area contributed by atoms with Crippen molar-refractivity contribution in [3.8, 4) is 0 Å². The van der Waals surface area contributed by atoms with Crippen molar-refractivity contribution < 1.29 is 27.9 Å². The minimum Gasteiger partial charge on any atom is -0.481 e. The number of amides is 1. The normalized spacial score (nSPS) is 16.9. The number of carbonyl (C=O) groups is 2. The smallest absolute Gasteiger partial charge is 0.433 e. The quantitative estimate of drug-likeness (QED) is 0.894. The van der Waals surface area contributed by atoms with Crippen LogP contribution in [0, 0.1) is 0 Å². The van der Waals surface area contributed by atoms with E-state index in [2.05, 4.69) is 10.3 Å². The molecular weight excluding hydrogens is 289 g/mol. The third kappa shape index (κ3) is 3.50. The van der Waals surface area contributed by atoms with Crippen LogP contribution in [0.15, 0.2) is 18.3 Å². The number of hydrogen-bond acceptors (Lipinski definition) is 3. The van der Waals surface area contributed by atoms with Crippen molar-refractivity contribution in [1.29, 1.82) is 0 Å². The SMILES string of the molecule is O=C(O)CC1(NC(=O)c2ccc(C(F)(F)F)nc2)CCC1. The number of rotatable bonds is 4. The second-order valence-electron chi connectivity index (χ2n) is 5.09. The van der Waals surface area contributed by atoms with Gasteiger partial charge in [0.15, 0.2) is 0 Å².